The van der Waals surface area contributed by atoms with Crippen LogP contribution in [0, 0.1) is 0 Å². The Balaban J connectivity index is 0.00000128. The molecule has 90 valence electrons. The van der Waals surface area contributed by atoms with E-state index in [9.17, 15) is 0 Å². The van der Waals surface area contributed by atoms with E-state index >= 15 is 0 Å². The lowest BCUT2D eigenvalue weighted by Crippen LogP contribution is -2.33. The molecular formula is C12H18Cl2N2. The van der Waals surface area contributed by atoms with Crippen molar-refractivity contribution in [3.63, 3.8) is 0 Å². The van der Waals surface area contributed by atoms with Crippen molar-refractivity contribution in [3.8, 4) is 0 Å². The molecule has 1 unspecified atom stereocenters. The standard InChI is InChI=1S/C12H17ClN2.ClH/c13-11-5-3-10(4-6-11)8-14-9-12-2-1-7-15-12;/h3-6,12,14-15H,1-2,7-9H2;1H. The Bertz CT molecular complexity index is 294. The average molecular weight is 261 g/mol. The molecule has 0 saturated carbocycles. The van der Waals surface area contributed by atoms with E-state index in [1.54, 1.807) is 0 Å². The summed E-state index contributed by atoms with van der Waals surface area (Å²) < 4.78 is 0. The van der Waals surface area contributed by atoms with Crippen LogP contribution in [0.3, 0.4) is 0 Å². The van der Waals surface area contributed by atoms with Crippen molar-refractivity contribution in [2.24, 2.45) is 0 Å². The largest absolute Gasteiger partial charge is 0.313 e. The first-order valence-corrected chi connectivity index (χ1v) is 5.91. The third-order valence-electron chi connectivity index (χ3n) is 2.80. The molecule has 1 atom stereocenters. The zero-order valence-corrected chi connectivity index (χ0v) is 10.8. The van der Waals surface area contributed by atoms with Crippen LogP contribution in [-0.4, -0.2) is 19.1 Å². The first-order chi connectivity index (χ1) is 7.34. The van der Waals surface area contributed by atoms with Gasteiger partial charge < -0.3 is 10.6 Å². The normalized spacial score (nSPS) is 19.4. The van der Waals surface area contributed by atoms with Crippen molar-refractivity contribution in [2.75, 3.05) is 13.1 Å². The van der Waals surface area contributed by atoms with Gasteiger partial charge in [0.2, 0.25) is 0 Å². The van der Waals surface area contributed by atoms with E-state index in [-0.39, 0.29) is 12.4 Å². The summed E-state index contributed by atoms with van der Waals surface area (Å²) in [4.78, 5) is 0. The second-order valence-electron chi connectivity index (χ2n) is 4.05. The van der Waals surface area contributed by atoms with Crippen molar-refractivity contribution in [1.82, 2.24) is 10.6 Å². The highest BCUT2D eigenvalue weighted by atomic mass is 35.5. The van der Waals surface area contributed by atoms with Gasteiger partial charge in [0.25, 0.3) is 0 Å². The number of hydrogen-bond donors (Lipinski definition) is 2. The van der Waals surface area contributed by atoms with Gasteiger partial charge in [0.15, 0.2) is 0 Å². The summed E-state index contributed by atoms with van der Waals surface area (Å²) in [5.41, 5.74) is 1.29. The highest BCUT2D eigenvalue weighted by Gasteiger charge is 2.12. The fourth-order valence-electron chi connectivity index (χ4n) is 1.92. The minimum Gasteiger partial charge on any atom is -0.313 e. The second kappa shape index (κ2) is 7.13. The van der Waals surface area contributed by atoms with Crippen molar-refractivity contribution >= 4 is 24.0 Å². The zero-order chi connectivity index (χ0) is 10.5. The van der Waals surface area contributed by atoms with Crippen LogP contribution in [0.4, 0.5) is 0 Å². The van der Waals surface area contributed by atoms with Crippen molar-refractivity contribution in [2.45, 2.75) is 25.4 Å². The van der Waals surface area contributed by atoms with Crippen LogP contribution in [0.5, 0.6) is 0 Å². The van der Waals surface area contributed by atoms with Gasteiger partial charge in [0, 0.05) is 24.2 Å². The van der Waals surface area contributed by atoms with E-state index in [2.05, 4.69) is 22.8 Å². The van der Waals surface area contributed by atoms with Crippen molar-refractivity contribution in [3.05, 3.63) is 34.9 Å². The average Bonchev–Trinajstić information content (AvgIpc) is 2.74. The van der Waals surface area contributed by atoms with Gasteiger partial charge >= 0.3 is 0 Å². The summed E-state index contributed by atoms with van der Waals surface area (Å²) in [5, 5.41) is 7.73. The molecule has 2 N–H and O–H groups in total. The molecule has 16 heavy (non-hydrogen) atoms. The maximum absolute atomic E-state index is 5.82. The molecule has 1 aliphatic heterocycles. The molecule has 0 radical (unpaired) electrons. The van der Waals surface area contributed by atoms with E-state index in [1.807, 2.05) is 12.1 Å². The predicted octanol–water partition coefficient (Wildman–Crippen LogP) is 2.60. The van der Waals surface area contributed by atoms with Gasteiger partial charge in [-0.2, -0.15) is 0 Å². The van der Waals surface area contributed by atoms with E-state index in [0.717, 1.165) is 18.1 Å². The minimum absolute atomic E-state index is 0. The number of halogens is 2. The lowest BCUT2D eigenvalue weighted by atomic mass is 10.2. The smallest absolute Gasteiger partial charge is 0.0406 e. The minimum atomic E-state index is 0. The van der Waals surface area contributed by atoms with Crippen LogP contribution in [-0.2, 0) is 6.54 Å². The Morgan fingerprint density at radius 3 is 2.69 bits per heavy atom. The number of hydrogen-bond acceptors (Lipinski definition) is 2. The molecule has 1 heterocycles. The summed E-state index contributed by atoms with van der Waals surface area (Å²) in [6.07, 6.45) is 2.61. The molecule has 0 spiro atoms. The highest BCUT2D eigenvalue weighted by molar-refractivity contribution is 6.30. The first-order valence-electron chi connectivity index (χ1n) is 5.53. The zero-order valence-electron chi connectivity index (χ0n) is 9.21. The molecule has 2 rings (SSSR count). The van der Waals surface area contributed by atoms with E-state index in [1.165, 1.54) is 24.9 Å². The Kier molecular flexibility index (Phi) is 6.14. The summed E-state index contributed by atoms with van der Waals surface area (Å²) >= 11 is 5.82. The van der Waals surface area contributed by atoms with Crippen LogP contribution >= 0.6 is 24.0 Å². The van der Waals surface area contributed by atoms with Crippen LogP contribution in [0.25, 0.3) is 0 Å². The van der Waals surface area contributed by atoms with Gasteiger partial charge in [0.1, 0.15) is 0 Å². The molecule has 1 aromatic carbocycles. The Hall–Kier alpha value is -0.280. The third kappa shape index (κ3) is 4.30. The molecule has 0 aromatic heterocycles. The third-order valence-corrected chi connectivity index (χ3v) is 3.05. The summed E-state index contributed by atoms with van der Waals surface area (Å²) in [6, 6.07) is 8.67. The Morgan fingerprint density at radius 1 is 1.31 bits per heavy atom. The van der Waals surface area contributed by atoms with Gasteiger partial charge in [-0.1, -0.05) is 23.7 Å². The topological polar surface area (TPSA) is 24.1 Å². The fourth-order valence-corrected chi connectivity index (χ4v) is 2.05. The van der Waals surface area contributed by atoms with Crippen molar-refractivity contribution in [1.29, 1.82) is 0 Å². The van der Waals surface area contributed by atoms with Crippen LogP contribution < -0.4 is 10.6 Å². The summed E-state index contributed by atoms with van der Waals surface area (Å²) in [7, 11) is 0. The van der Waals surface area contributed by atoms with E-state index < -0.39 is 0 Å². The van der Waals surface area contributed by atoms with Crippen LogP contribution in [0.15, 0.2) is 24.3 Å². The molecule has 0 bridgehead atoms. The number of nitrogens with one attached hydrogen (secondary N) is 2. The molecule has 1 saturated heterocycles. The highest BCUT2D eigenvalue weighted by Crippen LogP contribution is 2.09. The van der Waals surface area contributed by atoms with Crippen LogP contribution in [0.1, 0.15) is 18.4 Å². The van der Waals surface area contributed by atoms with Gasteiger partial charge in [0.05, 0.1) is 0 Å². The molecule has 0 amide bonds. The maximum Gasteiger partial charge on any atom is 0.0406 e. The number of rotatable bonds is 4. The lowest BCUT2D eigenvalue weighted by Gasteiger charge is -2.11. The van der Waals surface area contributed by atoms with E-state index in [4.69, 9.17) is 11.6 Å². The van der Waals surface area contributed by atoms with E-state index in [0.29, 0.717) is 6.04 Å². The van der Waals surface area contributed by atoms with Gasteiger partial charge in [-0.25, -0.2) is 0 Å². The lowest BCUT2D eigenvalue weighted by molar-refractivity contribution is 0.536. The fraction of sp³-hybridized carbons (Fsp3) is 0.500. The van der Waals surface area contributed by atoms with Gasteiger partial charge in [-0.15, -0.1) is 12.4 Å². The van der Waals surface area contributed by atoms with Gasteiger partial charge in [-0.3, -0.25) is 0 Å². The Morgan fingerprint density at radius 2 is 2.06 bits per heavy atom. The molecule has 1 aliphatic rings. The molecular weight excluding hydrogens is 243 g/mol. The molecule has 4 heteroatoms. The Labute approximate surface area is 108 Å². The predicted molar refractivity (Wildman–Crippen MR) is 71.4 cm³/mol. The molecule has 0 aliphatic carbocycles. The monoisotopic (exact) mass is 260 g/mol. The molecule has 1 fully saturated rings. The first kappa shape index (κ1) is 13.8. The number of benzene rings is 1. The molecule has 2 nitrogen and oxygen atoms in total. The quantitative estimate of drug-likeness (QED) is 0.870. The van der Waals surface area contributed by atoms with Crippen molar-refractivity contribution < 1.29 is 0 Å². The maximum atomic E-state index is 5.82. The van der Waals surface area contributed by atoms with Crippen LogP contribution in [0.2, 0.25) is 5.02 Å². The molecule has 1 aromatic rings. The summed E-state index contributed by atoms with van der Waals surface area (Å²) in [6.45, 7) is 3.16. The second-order valence-corrected chi connectivity index (χ2v) is 4.49. The SMILES string of the molecule is Cl.Clc1ccc(CNCC2CCCN2)cc1. The summed E-state index contributed by atoms with van der Waals surface area (Å²) in [5.74, 6) is 0. The van der Waals surface area contributed by atoms with Gasteiger partial charge in [-0.05, 0) is 37.1 Å².